The van der Waals surface area contributed by atoms with E-state index in [9.17, 15) is 0 Å². The van der Waals surface area contributed by atoms with Crippen LogP contribution < -0.4 is 0 Å². The van der Waals surface area contributed by atoms with E-state index in [2.05, 4.69) is 100 Å². The first-order chi connectivity index (χ1) is 14.1. The number of hydrogen-bond acceptors (Lipinski definition) is 0. The van der Waals surface area contributed by atoms with Gasteiger partial charge in [-0.1, -0.05) is 66.7 Å². The molecule has 1 aliphatic carbocycles. The van der Waals surface area contributed by atoms with Crippen LogP contribution in [0.4, 0.5) is 0 Å². The molecule has 5 rings (SSSR count). The molecule has 142 valence electrons. The summed E-state index contributed by atoms with van der Waals surface area (Å²) in [4.78, 5) is 0. The van der Waals surface area contributed by atoms with Crippen LogP contribution in [0.2, 0.25) is 0 Å². The summed E-state index contributed by atoms with van der Waals surface area (Å²) in [5.74, 6) is 0. The van der Waals surface area contributed by atoms with E-state index in [0.29, 0.717) is 0 Å². The minimum atomic E-state index is 1.03. The van der Waals surface area contributed by atoms with Gasteiger partial charge in [-0.3, -0.25) is 0 Å². The zero-order chi connectivity index (χ0) is 20.1. The number of rotatable bonds is 2. The van der Waals surface area contributed by atoms with E-state index in [1.54, 1.807) is 0 Å². The Labute approximate surface area is 173 Å². The van der Waals surface area contributed by atoms with Crippen molar-refractivity contribution in [3.8, 4) is 33.4 Å². The highest BCUT2D eigenvalue weighted by Gasteiger charge is 2.27. The number of benzene rings is 4. The Morgan fingerprint density at radius 2 is 1.07 bits per heavy atom. The van der Waals surface area contributed by atoms with Crippen molar-refractivity contribution >= 4 is 0 Å². The molecule has 29 heavy (non-hydrogen) atoms. The van der Waals surface area contributed by atoms with Crippen molar-refractivity contribution in [3.05, 3.63) is 106 Å². The monoisotopic (exact) mass is 374 g/mol. The first-order valence-electron chi connectivity index (χ1n) is 10.4. The molecule has 0 unspecified atom stereocenters. The lowest BCUT2D eigenvalue weighted by molar-refractivity contribution is 1.20. The first kappa shape index (κ1) is 17.9. The quantitative estimate of drug-likeness (QED) is 0.295. The van der Waals surface area contributed by atoms with E-state index >= 15 is 0 Å². The standard InChI is InChI=1S/C29H26/c1-18-15-24-16-25-17-26(22-11-7-5-8-12-22)27(23-13-9-6-10-14-23)21(4)29(25)28(24)20(3)19(18)2/h5-15,17H,16H2,1-4H3. The third-order valence-electron chi connectivity index (χ3n) is 6.68. The summed E-state index contributed by atoms with van der Waals surface area (Å²) in [5, 5.41) is 0. The topological polar surface area (TPSA) is 0 Å². The Hall–Kier alpha value is -3.12. The van der Waals surface area contributed by atoms with Gasteiger partial charge in [0.2, 0.25) is 0 Å². The maximum atomic E-state index is 2.45. The molecule has 0 bridgehead atoms. The molecule has 0 amide bonds. The Balaban J connectivity index is 1.87. The normalized spacial score (nSPS) is 12.0. The van der Waals surface area contributed by atoms with Crippen molar-refractivity contribution in [1.29, 1.82) is 0 Å². The third kappa shape index (κ3) is 2.75. The van der Waals surface area contributed by atoms with Gasteiger partial charge in [0, 0.05) is 0 Å². The molecule has 0 radical (unpaired) electrons. The van der Waals surface area contributed by atoms with E-state index in [1.807, 2.05) is 0 Å². The Bertz CT molecular complexity index is 1230. The van der Waals surface area contributed by atoms with Crippen LogP contribution in [0, 0.1) is 27.7 Å². The first-order valence-corrected chi connectivity index (χ1v) is 10.4. The summed E-state index contributed by atoms with van der Waals surface area (Å²) in [5.41, 5.74) is 16.8. The lowest BCUT2D eigenvalue weighted by Crippen LogP contribution is -1.96. The Kier molecular flexibility index (Phi) is 4.17. The van der Waals surface area contributed by atoms with Crippen LogP contribution in [-0.2, 0) is 6.42 Å². The highest BCUT2D eigenvalue weighted by molar-refractivity contribution is 5.95. The summed E-state index contributed by atoms with van der Waals surface area (Å²) >= 11 is 0. The molecule has 0 aliphatic heterocycles. The summed E-state index contributed by atoms with van der Waals surface area (Å²) in [7, 11) is 0. The van der Waals surface area contributed by atoms with Crippen molar-refractivity contribution in [1.82, 2.24) is 0 Å². The van der Waals surface area contributed by atoms with Gasteiger partial charge in [-0.15, -0.1) is 0 Å². The summed E-state index contributed by atoms with van der Waals surface area (Å²) in [6.45, 7) is 9.11. The summed E-state index contributed by atoms with van der Waals surface area (Å²) in [6.07, 6.45) is 1.03. The molecular formula is C29H26. The van der Waals surface area contributed by atoms with E-state index in [4.69, 9.17) is 0 Å². The summed E-state index contributed by atoms with van der Waals surface area (Å²) < 4.78 is 0. The smallest absolute Gasteiger partial charge is 0.00129 e. The van der Waals surface area contributed by atoms with Crippen molar-refractivity contribution in [3.63, 3.8) is 0 Å². The zero-order valence-electron chi connectivity index (χ0n) is 17.6. The van der Waals surface area contributed by atoms with Gasteiger partial charge >= 0.3 is 0 Å². The van der Waals surface area contributed by atoms with Gasteiger partial charge in [0.15, 0.2) is 0 Å². The van der Waals surface area contributed by atoms with Crippen molar-refractivity contribution in [2.75, 3.05) is 0 Å². The van der Waals surface area contributed by atoms with Crippen LogP contribution in [0.15, 0.2) is 72.8 Å². The fraction of sp³-hybridized carbons (Fsp3) is 0.172. The minimum absolute atomic E-state index is 1.03. The van der Waals surface area contributed by atoms with Crippen molar-refractivity contribution < 1.29 is 0 Å². The molecule has 4 aromatic carbocycles. The van der Waals surface area contributed by atoms with Gasteiger partial charge in [-0.25, -0.2) is 0 Å². The van der Waals surface area contributed by atoms with Crippen LogP contribution in [0.3, 0.4) is 0 Å². The van der Waals surface area contributed by atoms with Crippen molar-refractivity contribution in [2.45, 2.75) is 34.1 Å². The molecule has 0 spiro atoms. The molecule has 1 aliphatic rings. The Morgan fingerprint density at radius 3 is 1.72 bits per heavy atom. The molecule has 0 heterocycles. The van der Waals surface area contributed by atoms with E-state index in [1.165, 1.54) is 66.8 Å². The lowest BCUT2D eigenvalue weighted by Gasteiger charge is -2.20. The molecular weight excluding hydrogens is 348 g/mol. The van der Waals surface area contributed by atoms with Crippen molar-refractivity contribution in [2.24, 2.45) is 0 Å². The zero-order valence-corrected chi connectivity index (χ0v) is 17.6. The van der Waals surface area contributed by atoms with Crippen LogP contribution in [0.1, 0.15) is 33.4 Å². The van der Waals surface area contributed by atoms with Crippen LogP contribution in [-0.4, -0.2) is 0 Å². The molecule has 0 nitrogen and oxygen atoms in total. The molecule has 0 atom stereocenters. The van der Waals surface area contributed by atoms with Gasteiger partial charge in [-0.2, -0.15) is 0 Å². The molecule has 0 N–H and O–H groups in total. The highest BCUT2D eigenvalue weighted by Crippen LogP contribution is 2.48. The van der Waals surface area contributed by atoms with Gasteiger partial charge in [0.1, 0.15) is 0 Å². The van der Waals surface area contributed by atoms with Gasteiger partial charge in [-0.05, 0) is 107 Å². The Morgan fingerprint density at radius 1 is 0.517 bits per heavy atom. The van der Waals surface area contributed by atoms with Crippen LogP contribution in [0.5, 0.6) is 0 Å². The molecule has 0 saturated heterocycles. The lowest BCUT2D eigenvalue weighted by atomic mass is 9.84. The maximum absolute atomic E-state index is 2.45. The molecule has 4 aromatic rings. The highest BCUT2D eigenvalue weighted by atomic mass is 14.3. The largest absolute Gasteiger partial charge is 0.0622 e. The average molecular weight is 375 g/mol. The van der Waals surface area contributed by atoms with E-state index in [0.717, 1.165) is 6.42 Å². The SMILES string of the molecule is Cc1cc2c(c(C)c1C)-c1c(cc(-c3ccccc3)c(-c3ccccc3)c1C)C2. The number of fused-ring (bicyclic) bond motifs is 3. The second-order valence-electron chi connectivity index (χ2n) is 8.34. The molecule has 0 saturated carbocycles. The number of hydrogen-bond donors (Lipinski definition) is 0. The number of aryl methyl sites for hydroxylation is 1. The van der Waals surface area contributed by atoms with E-state index < -0.39 is 0 Å². The predicted octanol–water partition coefficient (Wildman–Crippen LogP) is 7.83. The predicted molar refractivity (Wildman–Crippen MR) is 125 cm³/mol. The van der Waals surface area contributed by atoms with E-state index in [-0.39, 0.29) is 0 Å². The van der Waals surface area contributed by atoms with Gasteiger partial charge in [0.05, 0.1) is 0 Å². The molecule has 0 heteroatoms. The second kappa shape index (κ2) is 6.74. The minimum Gasteiger partial charge on any atom is -0.0622 e. The fourth-order valence-corrected chi connectivity index (χ4v) is 5.05. The maximum Gasteiger partial charge on any atom is -0.00129 e. The summed E-state index contributed by atoms with van der Waals surface area (Å²) in [6, 6.07) is 26.5. The van der Waals surface area contributed by atoms with Gasteiger partial charge < -0.3 is 0 Å². The van der Waals surface area contributed by atoms with Crippen LogP contribution >= 0.6 is 0 Å². The molecule has 0 aromatic heterocycles. The third-order valence-corrected chi connectivity index (χ3v) is 6.68. The average Bonchev–Trinajstić information content (AvgIpc) is 3.11. The fourth-order valence-electron chi connectivity index (χ4n) is 5.05. The second-order valence-corrected chi connectivity index (χ2v) is 8.34. The van der Waals surface area contributed by atoms with Crippen LogP contribution in [0.25, 0.3) is 33.4 Å². The van der Waals surface area contributed by atoms with Gasteiger partial charge in [0.25, 0.3) is 0 Å². The molecule has 0 fully saturated rings.